The molecule has 1 heterocycles. The highest BCUT2D eigenvalue weighted by Gasteiger charge is 2.01. The third kappa shape index (κ3) is 5.05. The zero-order chi connectivity index (χ0) is 15.8. The normalized spacial score (nSPS) is 10.1. The molecule has 0 bridgehead atoms. The molecule has 0 aliphatic heterocycles. The maximum absolute atomic E-state index is 11.7. The molecule has 2 aromatic rings. The van der Waals surface area contributed by atoms with Crippen molar-refractivity contribution in [2.75, 3.05) is 23.7 Å². The fourth-order valence-electron chi connectivity index (χ4n) is 1.86. The summed E-state index contributed by atoms with van der Waals surface area (Å²) in [7, 11) is 0. The number of benzene rings is 1. The van der Waals surface area contributed by atoms with E-state index in [2.05, 4.69) is 33.1 Å². The smallest absolute Gasteiger partial charge is 0.319 e. The Morgan fingerprint density at radius 1 is 1.05 bits per heavy atom. The average molecular weight is 299 g/mol. The molecule has 1 aromatic carbocycles. The van der Waals surface area contributed by atoms with Crippen LogP contribution in [0.1, 0.15) is 18.2 Å². The van der Waals surface area contributed by atoms with Crippen molar-refractivity contribution < 1.29 is 4.79 Å². The lowest BCUT2D eigenvalue weighted by molar-refractivity contribution is 0.252. The number of aryl methyl sites for hydroxylation is 2. The van der Waals surface area contributed by atoms with Crippen molar-refractivity contribution in [3.63, 3.8) is 0 Å². The minimum absolute atomic E-state index is 0.221. The van der Waals surface area contributed by atoms with E-state index < -0.39 is 0 Å². The summed E-state index contributed by atoms with van der Waals surface area (Å²) < 4.78 is 0. The third-order valence-electron chi connectivity index (χ3n) is 3.13. The first-order valence-corrected chi connectivity index (χ1v) is 7.35. The Bertz CT molecular complexity index is 595. The Balaban J connectivity index is 1.67. The van der Waals surface area contributed by atoms with Gasteiger partial charge < -0.3 is 16.0 Å². The molecule has 116 valence electrons. The van der Waals surface area contributed by atoms with E-state index in [4.69, 9.17) is 0 Å². The van der Waals surface area contributed by atoms with Crippen LogP contribution in [0.3, 0.4) is 0 Å². The van der Waals surface area contributed by atoms with Crippen molar-refractivity contribution in [2.45, 2.75) is 20.3 Å². The lowest BCUT2D eigenvalue weighted by Gasteiger charge is -2.09. The maximum Gasteiger partial charge on any atom is 0.319 e. The quantitative estimate of drug-likeness (QED) is 0.716. The lowest BCUT2D eigenvalue weighted by atomic mass is 10.1. The minimum Gasteiger partial charge on any atom is -0.367 e. The van der Waals surface area contributed by atoms with Crippen LogP contribution >= 0.6 is 0 Å². The van der Waals surface area contributed by atoms with Crippen LogP contribution in [0, 0.1) is 6.92 Å². The zero-order valence-corrected chi connectivity index (χ0v) is 12.9. The molecule has 2 amide bonds. The number of rotatable bonds is 6. The predicted molar refractivity (Wildman–Crippen MR) is 88.1 cm³/mol. The van der Waals surface area contributed by atoms with Crippen LogP contribution in [0.5, 0.6) is 0 Å². The van der Waals surface area contributed by atoms with Gasteiger partial charge in [-0.3, -0.25) is 0 Å². The van der Waals surface area contributed by atoms with Gasteiger partial charge in [-0.05, 0) is 43.2 Å². The fourth-order valence-corrected chi connectivity index (χ4v) is 1.86. The molecular weight excluding hydrogens is 278 g/mol. The number of nitrogens with one attached hydrogen (secondary N) is 3. The molecule has 0 atom stereocenters. The van der Waals surface area contributed by atoms with Crippen molar-refractivity contribution in [1.29, 1.82) is 0 Å². The van der Waals surface area contributed by atoms with E-state index in [1.165, 1.54) is 5.56 Å². The van der Waals surface area contributed by atoms with Crippen LogP contribution in [-0.4, -0.2) is 29.3 Å². The summed E-state index contributed by atoms with van der Waals surface area (Å²) in [4.78, 5) is 11.7. The predicted octanol–water partition coefficient (Wildman–Crippen LogP) is 2.58. The van der Waals surface area contributed by atoms with Gasteiger partial charge in [0.2, 0.25) is 0 Å². The molecule has 3 N–H and O–H groups in total. The second-order valence-electron chi connectivity index (χ2n) is 4.92. The molecule has 0 radical (unpaired) electrons. The first-order chi connectivity index (χ1) is 10.7. The number of carbonyl (C=O) groups is 1. The van der Waals surface area contributed by atoms with Crippen LogP contribution in [-0.2, 0) is 6.42 Å². The minimum atomic E-state index is -0.221. The summed E-state index contributed by atoms with van der Waals surface area (Å²) in [6.45, 7) is 5.06. The number of anilines is 2. The van der Waals surface area contributed by atoms with E-state index in [-0.39, 0.29) is 6.03 Å². The van der Waals surface area contributed by atoms with Crippen molar-refractivity contribution in [2.24, 2.45) is 0 Å². The molecular formula is C16H21N5O. The number of amides is 2. The number of hydrogen-bond donors (Lipinski definition) is 3. The zero-order valence-electron chi connectivity index (χ0n) is 12.9. The third-order valence-corrected chi connectivity index (χ3v) is 3.13. The number of aromatic nitrogens is 2. The topological polar surface area (TPSA) is 78.9 Å². The van der Waals surface area contributed by atoms with Crippen LogP contribution in [0.4, 0.5) is 16.3 Å². The molecule has 0 saturated carbocycles. The van der Waals surface area contributed by atoms with Gasteiger partial charge in [-0.25, -0.2) is 4.79 Å². The molecule has 6 heteroatoms. The van der Waals surface area contributed by atoms with Crippen molar-refractivity contribution in [3.8, 4) is 0 Å². The van der Waals surface area contributed by atoms with Gasteiger partial charge in [-0.15, -0.1) is 5.10 Å². The summed E-state index contributed by atoms with van der Waals surface area (Å²) in [5.41, 5.74) is 2.90. The molecule has 0 fully saturated rings. The molecule has 6 nitrogen and oxygen atoms in total. The summed E-state index contributed by atoms with van der Waals surface area (Å²) in [6, 6.07) is 11.3. The van der Waals surface area contributed by atoms with Crippen molar-refractivity contribution in [3.05, 3.63) is 47.7 Å². The molecule has 0 unspecified atom stereocenters. The number of urea groups is 1. The van der Waals surface area contributed by atoms with E-state index in [9.17, 15) is 4.79 Å². The van der Waals surface area contributed by atoms with E-state index in [1.54, 1.807) is 0 Å². The van der Waals surface area contributed by atoms with Gasteiger partial charge in [0, 0.05) is 18.8 Å². The monoisotopic (exact) mass is 299 g/mol. The van der Waals surface area contributed by atoms with Crippen LogP contribution in [0.15, 0.2) is 36.4 Å². The SMILES string of the molecule is CCc1ccc(NC(=O)NCCNc2ccc(C)nn2)cc1. The van der Waals surface area contributed by atoms with Gasteiger partial charge in [-0.2, -0.15) is 5.10 Å². The maximum atomic E-state index is 11.7. The number of nitrogens with zero attached hydrogens (tertiary/aromatic N) is 2. The summed E-state index contributed by atoms with van der Waals surface area (Å²) in [5.74, 6) is 0.697. The Hall–Kier alpha value is -2.63. The number of carbonyl (C=O) groups excluding carboxylic acids is 1. The van der Waals surface area contributed by atoms with E-state index >= 15 is 0 Å². The van der Waals surface area contributed by atoms with Crippen LogP contribution < -0.4 is 16.0 Å². The van der Waals surface area contributed by atoms with Gasteiger partial charge in [-0.1, -0.05) is 19.1 Å². The Kier molecular flexibility index (Phi) is 5.71. The van der Waals surface area contributed by atoms with Gasteiger partial charge >= 0.3 is 6.03 Å². The summed E-state index contributed by atoms with van der Waals surface area (Å²) >= 11 is 0. The van der Waals surface area contributed by atoms with Gasteiger partial charge in [0.15, 0.2) is 0 Å². The second kappa shape index (κ2) is 7.97. The first kappa shape index (κ1) is 15.8. The Morgan fingerprint density at radius 3 is 2.45 bits per heavy atom. The Labute approximate surface area is 130 Å². The van der Waals surface area contributed by atoms with Gasteiger partial charge in [0.25, 0.3) is 0 Å². The van der Waals surface area contributed by atoms with E-state index in [0.717, 1.165) is 17.8 Å². The summed E-state index contributed by atoms with van der Waals surface area (Å²) in [5, 5.41) is 16.6. The number of hydrogen-bond acceptors (Lipinski definition) is 4. The van der Waals surface area contributed by atoms with E-state index in [1.807, 2.05) is 43.3 Å². The first-order valence-electron chi connectivity index (χ1n) is 7.35. The second-order valence-corrected chi connectivity index (χ2v) is 4.92. The standard InChI is InChI=1S/C16H21N5O/c1-3-13-5-7-14(8-6-13)19-16(22)18-11-10-17-15-9-4-12(2)20-21-15/h4-9H,3,10-11H2,1-2H3,(H,17,21)(H2,18,19,22). The molecule has 0 aliphatic rings. The average Bonchev–Trinajstić information content (AvgIpc) is 2.54. The highest BCUT2D eigenvalue weighted by atomic mass is 16.2. The van der Waals surface area contributed by atoms with Crippen molar-refractivity contribution >= 4 is 17.5 Å². The van der Waals surface area contributed by atoms with Gasteiger partial charge in [0.05, 0.1) is 5.69 Å². The molecule has 2 rings (SSSR count). The van der Waals surface area contributed by atoms with E-state index in [0.29, 0.717) is 18.9 Å². The molecule has 0 spiro atoms. The van der Waals surface area contributed by atoms with Crippen LogP contribution in [0.2, 0.25) is 0 Å². The van der Waals surface area contributed by atoms with Crippen molar-refractivity contribution in [1.82, 2.24) is 15.5 Å². The molecule has 0 saturated heterocycles. The molecule has 0 aliphatic carbocycles. The lowest BCUT2D eigenvalue weighted by Crippen LogP contribution is -2.32. The highest BCUT2D eigenvalue weighted by Crippen LogP contribution is 2.09. The largest absolute Gasteiger partial charge is 0.367 e. The van der Waals surface area contributed by atoms with Gasteiger partial charge in [0.1, 0.15) is 5.82 Å². The molecule has 1 aromatic heterocycles. The fraction of sp³-hybridized carbons (Fsp3) is 0.312. The van der Waals surface area contributed by atoms with Crippen LogP contribution in [0.25, 0.3) is 0 Å². The Morgan fingerprint density at radius 2 is 1.82 bits per heavy atom. The highest BCUT2D eigenvalue weighted by molar-refractivity contribution is 5.89. The molecule has 22 heavy (non-hydrogen) atoms. The summed E-state index contributed by atoms with van der Waals surface area (Å²) in [6.07, 6.45) is 0.986.